The lowest BCUT2D eigenvalue weighted by Crippen LogP contribution is -2.49. The molecule has 3 unspecified atom stereocenters. The van der Waals surface area contributed by atoms with Crippen molar-refractivity contribution in [3.05, 3.63) is 71.8 Å². The number of piperidine rings is 1. The molecule has 0 radical (unpaired) electrons. The number of benzene rings is 2. The molecule has 2 bridgehead atoms. The Labute approximate surface area is 184 Å². The van der Waals surface area contributed by atoms with Crippen molar-refractivity contribution in [2.75, 3.05) is 7.05 Å². The average Bonchev–Trinajstić information content (AvgIpc) is 3.11. The summed E-state index contributed by atoms with van der Waals surface area (Å²) in [5.74, 6) is -0.0756. The van der Waals surface area contributed by atoms with Crippen molar-refractivity contribution in [1.29, 1.82) is 0 Å². The molecule has 0 spiro atoms. The lowest BCUT2D eigenvalue weighted by molar-refractivity contribution is -0.133. The fraction of sp³-hybridized carbons (Fsp3) is 0.417. The summed E-state index contributed by atoms with van der Waals surface area (Å²) in [7, 11) is 1.92. The molecule has 2 aliphatic rings. The molecule has 2 aliphatic heterocycles. The van der Waals surface area contributed by atoms with Gasteiger partial charge in [-0.05, 0) is 43.4 Å². The monoisotopic (exact) mass is 427 g/mol. The fourth-order valence-corrected chi connectivity index (χ4v) is 4.63. The fourth-order valence-electron chi connectivity index (χ4n) is 4.63. The van der Waals surface area contributed by atoms with Gasteiger partial charge in [-0.2, -0.15) is 0 Å². The van der Waals surface area contributed by atoms with Crippen LogP contribution in [-0.4, -0.2) is 41.9 Å². The van der Waals surface area contributed by atoms with E-state index in [4.69, 9.17) is 0 Å². The van der Waals surface area contributed by atoms with Crippen LogP contribution >= 0.6 is 12.4 Å². The van der Waals surface area contributed by atoms with Gasteiger partial charge in [0.25, 0.3) is 5.91 Å². The smallest absolute Gasteiger partial charge is 0.251 e. The summed E-state index contributed by atoms with van der Waals surface area (Å²) in [6.45, 7) is 0. The number of rotatable bonds is 6. The van der Waals surface area contributed by atoms with E-state index in [2.05, 4.69) is 10.6 Å². The summed E-state index contributed by atoms with van der Waals surface area (Å²) in [6, 6.07) is 19.9. The molecule has 5 nitrogen and oxygen atoms in total. The molecule has 0 aromatic heterocycles. The molecule has 2 aromatic carbocycles. The number of hydrogen-bond acceptors (Lipinski definition) is 3. The van der Waals surface area contributed by atoms with Crippen LogP contribution in [0.15, 0.2) is 60.7 Å². The number of nitrogens with one attached hydrogen (secondary N) is 2. The highest BCUT2D eigenvalue weighted by Gasteiger charge is 2.36. The quantitative estimate of drug-likeness (QED) is 0.738. The van der Waals surface area contributed by atoms with Crippen LogP contribution in [0.4, 0.5) is 0 Å². The zero-order valence-corrected chi connectivity index (χ0v) is 18.1. The molecule has 2 saturated heterocycles. The minimum atomic E-state index is -0.350. The van der Waals surface area contributed by atoms with Gasteiger partial charge < -0.3 is 15.5 Å². The standard InChI is InChI=1S/C24H29N3O2.ClH/c1-27(21-14-19-12-13-20(15-21)25-19)23(28)16-22(17-8-4-2-5-9-17)26-24(29)18-10-6-3-7-11-18;/h2-11,19-22,25H,12-16H2,1H3,(H,26,29);1H. The van der Waals surface area contributed by atoms with Gasteiger partial charge in [0.15, 0.2) is 0 Å². The van der Waals surface area contributed by atoms with Crippen molar-refractivity contribution in [3.8, 4) is 0 Å². The minimum absolute atomic E-state index is 0. The van der Waals surface area contributed by atoms with Crippen LogP contribution in [0.2, 0.25) is 0 Å². The molecule has 2 N–H and O–H groups in total. The number of amides is 2. The van der Waals surface area contributed by atoms with Crippen LogP contribution in [0, 0.1) is 0 Å². The first-order chi connectivity index (χ1) is 14.1. The van der Waals surface area contributed by atoms with Crippen molar-refractivity contribution in [2.24, 2.45) is 0 Å². The van der Waals surface area contributed by atoms with E-state index in [0.29, 0.717) is 17.6 Å². The van der Waals surface area contributed by atoms with E-state index < -0.39 is 0 Å². The minimum Gasteiger partial charge on any atom is -0.345 e. The van der Waals surface area contributed by atoms with Crippen molar-refractivity contribution < 1.29 is 9.59 Å². The van der Waals surface area contributed by atoms with Gasteiger partial charge in [0.1, 0.15) is 0 Å². The lowest BCUT2D eigenvalue weighted by atomic mass is 9.97. The molecule has 2 heterocycles. The summed E-state index contributed by atoms with van der Waals surface area (Å²) in [6.07, 6.45) is 4.72. The molecule has 160 valence electrons. The SMILES string of the molecule is CN(C(=O)CC(NC(=O)c1ccccc1)c1ccccc1)C1CC2CCC(C1)N2.Cl. The van der Waals surface area contributed by atoms with E-state index in [-0.39, 0.29) is 42.7 Å². The maximum Gasteiger partial charge on any atom is 0.251 e. The molecule has 2 fully saturated rings. The van der Waals surface area contributed by atoms with Crippen LogP contribution in [0.3, 0.4) is 0 Å². The van der Waals surface area contributed by atoms with E-state index in [1.807, 2.05) is 60.5 Å². The molecular formula is C24H30ClN3O2. The molecule has 0 saturated carbocycles. The van der Waals surface area contributed by atoms with E-state index >= 15 is 0 Å². The third kappa shape index (κ3) is 5.21. The number of carbonyl (C=O) groups is 2. The van der Waals surface area contributed by atoms with Crippen LogP contribution in [0.25, 0.3) is 0 Å². The Morgan fingerprint density at radius 2 is 1.57 bits per heavy atom. The highest BCUT2D eigenvalue weighted by Crippen LogP contribution is 2.30. The molecule has 2 aromatic rings. The van der Waals surface area contributed by atoms with Crippen LogP contribution in [0.1, 0.15) is 54.1 Å². The van der Waals surface area contributed by atoms with Crippen LogP contribution in [0.5, 0.6) is 0 Å². The van der Waals surface area contributed by atoms with E-state index in [0.717, 1.165) is 18.4 Å². The summed E-state index contributed by atoms with van der Waals surface area (Å²) >= 11 is 0. The van der Waals surface area contributed by atoms with Gasteiger partial charge >= 0.3 is 0 Å². The molecule has 4 rings (SSSR count). The Morgan fingerprint density at radius 3 is 2.17 bits per heavy atom. The Kier molecular flexibility index (Phi) is 7.51. The van der Waals surface area contributed by atoms with E-state index in [1.165, 1.54) is 12.8 Å². The first-order valence-electron chi connectivity index (χ1n) is 10.5. The topological polar surface area (TPSA) is 61.4 Å². The average molecular weight is 428 g/mol. The number of hydrogen-bond donors (Lipinski definition) is 2. The van der Waals surface area contributed by atoms with E-state index in [9.17, 15) is 9.59 Å². The Hall–Kier alpha value is -2.37. The first kappa shape index (κ1) is 22.3. The summed E-state index contributed by atoms with van der Waals surface area (Å²) < 4.78 is 0. The molecule has 6 heteroatoms. The number of fused-ring (bicyclic) bond motifs is 2. The zero-order valence-electron chi connectivity index (χ0n) is 17.3. The summed E-state index contributed by atoms with van der Waals surface area (Å²) in [4.78, 5) is 27.8. The Balaban J connectivity index is 0.00000256. The van der Waals surface area contributed by atoms with Crippen molar-refractivity contribution in [2.45, 2.75) is 56.3 Å². The molecule has 30 heavy (non-hydrogen) atoms. The predicted molar refractivity (Wildman–Crippen MR) is 121 cm³/mol. The number of halogens is 1. The zero-order chi connectivity index (χ0) is 20.2. The Morgan fingerprint density at radius 1 is 1.00 bits per heavy atom. The summed E-state index contributed by atoms with van der Waals surface area (Å²) in [5, 5.41) is 6.70. The predicted octanol–water partition coefficient (Wildman–Crippen LogP) is 3.71. The number of carbonyl (C=O) groups excluding carboxylic acids is 2. The van der Waals surface area contributed by atoms with Crippen molar-refractivity contribution in [1.82, 2.24) is 15.5 Å². The van der Waals surface area contributed by atoms with Gasteiger partial charge in [-0.3, -0.25) is 9.59 Å². The molecular weight excluding hydrogens is 398 g/mol. The second-order valence-corrected chi connectivity index (χ2v) is 8.27. The third-order valence-electron chi connectivity index (χ3n) is 6.31. The first-order valence-corrected chi connectivity index (χ1v) is 10.5. The van der Waals surface area contributed by atoms with E-state index in [1.54, 1.807) is 12.1 Å². The van der Waals surface area contributed by atoms with Crippen LogP contribution < -0.4 is 10.6 Å². The van der Waals surface area contributed by atoms with Gasteiger partial charge in [-0.25, -0.2) is 0 Å². The maximum absolute atomic E-state index is 13.1. The molecule has 0 aliphatic carbocycles. The molecule has 2 amide bonds. The number of nitrogens with zero attached hydrogens (tertiary/aromatic N) is 1. The maximum atomic E-state index is 13.1. The van der Waals surface area contributed by atoms with Gasteiger partial charge in [0, 0.05) is 30.7 Å². The van der Waals surface area contributed by atoms with Crippen LogP contribution in [-0.2, 0) is 4.79 Å². The second kappa shape index (κ2) is 10.1. The van der Waals surface area contributed by atoms with Gasteiger partial charge in [0.05, 0.1) is 12.5 Å². The van der Waals surface area contributed by atoms with Gasteiger partial charge in [-0.1, -0.05) is 48.5 Å². The van der Waals surface area contributed by atoms with Crippen molar-refractivity contribution >= 4 is 24.2 Å². The second-order valence-electron chi connectivity index (χ2n) is 8.27. The highest BCUT2D eigenvalue weighted by molar-refractivity contribution is 5.94. The largest absolute Gasteiger partial charge is 0.345 e. The van der Waals surface area contributed by atoms with Gasteiger partial charge in [0.2, 0.25) is 5.91 Å². The Bertz CT molecular complexity index is 834. The molecule has 3 atom stereocenters. The normalized spacial score (nSPS) is 23.2. The van der Waals surface area contributed by atoms with Crippen molar-refractivity contribution in [3.63, 3.8) is 0 Å². The third-order valence-corrected chi connectivity index (χ3v) is 6.31. The highest BCUT2D eigenvalue weighted by atomic mass is 35.5. The summed E-state index contributed by atoms with van der Waals surface area (Å²) in [5.41, 5.74) is 1.55. The van der Waals surface area contributed by atoms with Gasteiger partial charge in [-0.15, -0.1) is 12.4 Å². The lowest BCUT2D eigenvalue weighted by Gasteiger charge is -2.36.